The molecule has 0 atom stereocenters. The normalized spacial score (nSPS) is 19.7. The minimum absolute atomic E-state index is 1.18. The van der Waals surface area contributed by atoms with Crippen LogP contribution in [0.25, 0.3) is 0 Å². The van der Waals surface area contributed by atoms with Gasteiger partial charge in [0.15, 0.2) is 0 Å². The zero-order valence-electron chi connectivity index (χ0n) is 5.81. The number of allylic oxidation sites excluding steroid dienone is 2. The molecule has 1 rings (SSSR count). The van der Waals surface area contributed by atoms with Crippen LogP contribution in [0.15, 0.2) is 22.5 Å². The van der Waals surface area contributed by atoms with Crippen molar-refractivity contribution in [3.05, 3.63) is 22.5 Å². The molecule has 0 spiro atoms. The summed E-state index contributed by atoms with van der Waals surface area (Å²) in [6.45, 7) is 6.11. The SMILES string of the molecule is C=C1CCC(CC)=CS1. The van der Waals surface area contributed by atoms with Gasteiger partial charge in [0.1, 0.15) is 0 Å². The largest absolute Gasteiger partial charge is 0.103 e. The van der Waals surface area contributed by atoms with Gasteiger partial charge in [-0.1, -0.05) is 19.1 Å². The van der Waals surface area contributed by atoms with Crippen LogP contribution < -0.4 is 0 Å². The van der Waals surface area contributed by atoms with Gasteiger partial charge in [0, 0.05) is 0 Å². The van der Waals surface area contributed by atoms with Crippen molar-refractivity contribution in [2.45, 2.75) is 26.2 Å². The summed E-state index contributed by atoms with van der Waals surface area (Å²) in [5.41, 5.74) is 1.58. The molecule has 0 nitrogen and oxygen atoms in total. The minimum Gasteiger partial charge on any atom is -0.103 e. The van der Waals surface area contributed by atoms with E-state index in [1.54, 1.807) is 17.3 Å². The van der Waals surface area contributed by atoms with E-state index >= 15 is 0 Å². The van der Waals surface area contributed by atoms with Crippen LogP contribution in [-0.2, 0) is 0 Å². The number of hydrogen-bond donors (Lipinski definition) is 0. The highest BCUT2D eigenvalue weighted by molar-refractivity contribution is 8.05. The monoisotopic (exact) mass is 140 g/mol. The molecule has 0 aromatic heterocycles. The Morgan fingerprint density at radius 3 is 2.89 bits per heavy atom. The van der Waals surface area contributed by atoms with Gasteiger partial charge in [0.05, 0.1) is 0 Å². The Labute approximate surface area is 61.0 Å². The van der Waals surface area contributed by atoms with Crippen LogP contribution in [0.3, 0.4) is 0 Å². The topological polar surface area (TPSA) is 0 Å². The standard InChI is InChI=1S/C8H12S/c1-3-8-5-4-7(2)9-6-8/h6H,2-5H2,1H3. The molecule has 0 fully saturated rings. The van der Waals surface area contributed by atoms with Crippen molar-refractivity contribution in [3.8, 4) is 0 Å². The first-order valence-corrected chi connectivity index (χ1v) is 4.23. The lowest BCUT2D eigenvalue weighted by molar-refractivity contribution is 0.900. The predicted octanol–water partition coefficient (Wildman–Crippen LogP) is 3.32. The molecule has 0 aromatic carbocycles. The third-order valence-corrected chi connectivity index (χ3v) is 2.56. The van der Waals surface area contributed by atoms with Crippen LogP contribution in [0.1, 0.15) is 26.2 Å². The maximum absolute atomic E-state index is 3.90. The number of hydrogen-bond acceptors (Lipinski definition) is 1. The van der Waals surface area contributed by atoms with Gasteiger partial charge in [-0.05, 0) is 29.6 Å². The first kappa shape index (κ1) is 6.94. The molecule has 0 aromatic rings. The molecule has 0 aliphatic carbocycles. The molecular formula is C8H12S. The van der Waals surface area contributed by atoms with E-state index in [0.717, 1.165) is 0 Å². The molecule has 50 valence electrons. The fraction of sp³-hybridized carbons (Fsp3) is 0.500. The quantitative estimate of drug-likeness (QED) is 0.538. The first-order valence-electron chi connectivity index (χ1n) is 3.35. The Morgan fingerprint density at radius 1 is 1.67 bits per heavy atom. The van der Waals surface area contributed by atoms with Crippen molar-refractivity contribution < 1.29 is 0 Å². The lowest BCUT2D eigenvalue weighted by atomic mass is 10.1. The average molecular weight is 140 g/mol. The lowest BCUT2D eigenvalue weighted by Crippen LogP contribution is -1.87. The molecule has 0 unspecified atom stereocenters. The van der Waals surface area contributed by atoms with Crippen LogP contribution in [0.5, 0.6) is 0 Å². The molecule has 1 aliphatic heterocycles. The molecule has 0 bridgehead atoms. The fourth-order valence-electron chi connectivity index (χ4n) is 0.845. The van der Waals surface area contributed by atoms with E-state index in [1.807, 2.05) is 0 Å². The Bertz CT molecular complexity index is 145. The van der Waals surface area contributed by atoms with Crippen molar-refractivity contribution in [2.75, 3.05) is 0 Å². The Balaban J connectivity index is 2.50. The van der Waals surface area contributed by atoms with E-state index in [0.29, 0.717) is 0 Å². The third kappa shape index (κ3) is 1.90. The molecule has 1 heteroatoms. The summed E-state index contributed by atoms with van der Waals surface area (Å²) in [6, 6.07) is 0. The minimum atomic E-state index is 1.18. The molecular weight excluding hydrogens is 128 g/mol. The lowest BCUT2D eigenvalue weighted by Gasteiger charge is -2.11. The van der Waals surface area contributed by atoms with Gasteiger partial charge in [-0.15, -0.1) is 11.8 Å². The first-order chi connectivity index (χ1) is 4.33. The van der Waals surface area contributed by atoms with Gasteiger partial charge < -0.3 is 0 Å². The molecule has 0 saturated carbocycles. The second kappa shape index (κ2) is 3.11. The Kier molecular flexibility index (Phi) is 2.40. The number of rotatable bonds is 1. The molecule has 0 radical (unpaired) electrons. The summed E-state index contributed by atoms with van der Waals surface area (Å²) in [4.78, 5) is 1.31. The van der Waals surface area contributed by atoms with E-state index in [9.17, 15) is 0 Å². The van der Waals surface area contributed by atoms with Crippen LogP contribution in [0, 0.1) is 0 Å². The van der Waals surface area contributed by atoms with Crippen LogP contribution in [0.4, 0.5) is 0 Å². The summed E-state index contributed by atoms with van der Waals surface area (Å²) in [7, 11) is 0. The predicted molar refractivity (Wildman–Crippen MR) is 44.3 cm³/mol. The van der Waals surface area contributed by atoms with Crippen LogP contribution in [0.2, 0.25) is 0 Å². The molecule has 1 heterocycles. The molecule has 0 amide bonds. The van der Waals surface area contributed by atoms with Gasteiger partial charge in [-0.3, -0.25) is 0 Å². The maximum atomic E-state index is 3.90. The summed E-state index contributed by atoms with van der Waals surface area (Å²) < 4.78 is 0. The van der Waals surface area contributed by atoms with E-state index in [4.69, 9.17) is 0 Å². The van der Waals surface area contributed by atoms with Gasteiger partial charge in [-0.25, -0.2) is 0 Å². The summed E-state index contributed by atoms with van der Waals surface area (Å²) >= 11 is 1.79. The van der Waals surface area contributed by atoms with E-state index in [-0.39, 0.29) is 0 Å². The highest BCUT2D eigenvalue weighted by Crippen LogP contribution is 2.30. The second-order valence-electron chi connectivity index (χ2n) is 2.29. The van der Waals surface area contributed by atoms with Crippen LogP contribution >= 0.6 is 11.8 Å². The fourth-order valence-corrected chi connectivity index (χ4v) is 1.68. The third-order valence-electron chi connectivity index (χ3n) is 1.57. The van der Waals surface area contributed by atoms with Crippen molar-refractivity contribution in [1.82, 2.24) is 0 Å². The molecule has 9 heavy (non-hydrogen) atoms. The molecule has 0 saturated heterocycles. The van der Waals surface area contributed by atoms with Crippen molar-refractivity contribution >= 4 is 11.8 Å². The average Bonchev–Trinajstić information content (AvgIpc) is 1.90. The smallest absolute Gasteiger partial charge is 0.0177 e. The summed E-state index contributed by atoms with van der Waals surface area (Å²) in [6.07, 6.45) is 3.63. The zero-order valence-corrected chi connectivity index (χ0v) is 6.63. The Morgan fingerprint density at radius 2 is 2.44 bits per heavy atom. The van der Waals surface area contributed by atoms with Gasteiger partial charge in [0.2, 0.25) is 0 Å². The van der Waals surface area contributed by atoms with Gasteiger partial charge in [-0.2, -0.15) is 0 Å². The summed E-state index contributed by atoms with van der Waals surface area (Å²) in [5, 5.41) is 2.24. The van der Waals surface area contributed by atoms with Crippen molar-refractivity contribution in [3.63, 3.8) is 0 Å². The highest BCUT2D eigenvalue weighted by Gasteiger charge is 2.03. The van der Waals surface area contributed by atoms with E-state index in [2.05, 4.69) is 18.9 Å². The van der Waals surface area contributed by atoms with Gasteiger partial charge >= 0.3 is 0 Å². The second-order valence-corrected chi connectivity index (χ2v) is 3.33. The van der Waals surface area contributed by atoms with E-state index < -0.39 is 0 Å². The van der Waals surface area contributed by atoms with Crippen LogP contribution in [-0.4, -0.2) is 0 Å². The highest BCUT2D eigenvalue weighted by atomic mass is 32.2. The maximum Gasteiger partial charge on any atom is -0.0177 e. The zero-order chi connectivity index (χ0) is 6.69. The van der Waals surface area contributed by atoms with Crippen molar-refractivity contribution in [1.29, 1.82) is 0 Å². The number of thioether (sulfide) groups is 1. The van der Waals surface area contributed by atoms with Crippen molar-refractivity contribution in [2.24, 2.45) is 0 Å². The Hall–Kier alpha value is -0.170. The summed E-state index contributed by atoms with van der Waals surface area (Å²) in [5.74, 6) is 0. The van der Waals surface area contributed by atoms with Gasteiger partial charge in [0.25, 0.3) is 0 Å². The molecule has 1 aliphatic rings. The van der Waals surface area contributed by atoms with E-state index in [1.165, 1.54) is 24.2 Å². The molecule has 0 N–H and O–H groups in total.